The third kappa shape index (κ3) is 1.84. The van der Waals surface area contributed by atoms with Gasteiger partial charge in [0.2, 0.25) is 0 Å². The van der Waals surface area contributed by atoms with Crippen LogP contribution in [0.5, 0.6) is 0 Å². The number of allylic oxidation sites excluding steroid dienone is 1. The maximum absolute atomic E-state index is 13.0. The highest BCUT2D eigenvalue weighted by atomic mass is 35.5. The lowest BCUT2D eigenvalue weighted by molar-refractivity contribution is 0.508. The molecule has 80 valence electrons. The second kappa shape index (κ2) is 3.81. The lowest BCUT2D eigenvalue weighted by Gasteiger charge is -2.19. The van der Waals surface area contributed by atoms with Crippen molar-refractivity contribution >= 4 is 17.3 Å². The smallest absolute Gasteiger partial charge is 0.177 e. The molecule has 1 aromatic rings. The van der Waals surface area contributed by atoms with Gasteiger partial charge in [-0.15, -0.1) is 0 Å². The number of hydrogen-bond acceptors (Lipinski definition) is 1. The summed E-state index contributed by atoms with van der Waals surface area (Å²) in [5.41, 5.74) is 7.91. The third-order valence-electron chi connectivity index (χ3n) is 2.63. The summed E-state index contributed by atoms with van der Waals surface area (Å²) in [5, 5.41) is -0.229. The van der Waals surface area contributed by atoms with Crippen molar-refractivity contribution in [1.82, 2.24) is 0 Å². The maximum atomic E-state index is 13.0. The molecule has 1 nitrogen and oxygen atoms in total. The average molecular weight is 230 g/mol. The van der Waals surface area contributed by atoms with Crippen LogP contribution in [0, 0.1) is 11.6 Å². The summed E-state index contributed by atoms with van der Waals surface area (Å²) in [5.74, 6) is -1.98. The Balaban J connectivity index is 2.45. The Hall–Kier alpha value is -1.09. The van der Waals surface area contributed by atoms with E-state index in [4.69, 9.17) is 17.3 Å². The second-order valence-electron chi connectivity index (χ2n) is 3.62. The Kier molecular flexibility index (Phi) is 2.65. The van der Waals surface area contributed by atoms with Crippen LogP contribution in [0.4, 0.5) is 8.78 Å². The fourth-order valence-electron chi connectivity index (χ4n) is 1.54. The van der Waals surface area contributed by atoms with Gasteiger partial charge in [0.15, 0.2) is 11.6 Å². The topological polar surface area (TPSA) is 26.0 Å². The monoisotopic (exact) mass is 229 g/mol. The van der Waals surface area contributed by atoms with E-state index >= 15 is 0 Å². The summed E-state index contributed by atoms with van der Waals surface area (Å²) in [6, 6.07) is 2.45. The summed E-state index contributed by atoms with van der Waals surface area (Å²) in [4.78, 5) is 0. The number of benzene rings is 1. The van der Waals surface area contributed by atoms with Crippen LogP contribution in [-0.2, 0) is 0 Å². The van der Waals surface area contributed by atoms with E-state index in [0.717, 1.165) is 30.9 Å². The van der Waals surface area contributed by atoms with E-state index in [1.54, 1.807) is 0 Å². The number of rotatable bonds is 1. The molecule has 0 spiro atoms. The molecular formula is C11H10ClF2N. The number of halogens is 3. The first-order chi connectivity index (χ1) is 7.09. The molecule has 0 unspecified atom stereocenters. The standard InChI is InChI=1S/C11H10ClF2N/c12-8-4-7(5-9(13)10(8)14)11(15)6-2-1-3-6/h4-5H,1-3,15H2. The van der Waals surface area contributed by atoms with Gasteiger partial charge < -0.3 is 5.73 Å². The van der Waals surface area contributed by atoms with Crippen LogP contribution in [0.1, 0.15) is 24.8 Å². The lowest BCUT2D eigenvalue weighted by Crippen LogP contribution is -2.08. The minimum absolute atomic E-state index is 0.229. The molecule has 1 aliphatic rings. The van der Waals surface area contributed by atoms with Crippen LogP contribution in [0.2, 0.25) is 5.02 Å². The molecule has 2 N–H and O–H groups in total. The Morgan fingerprint density at radius 2 is 1.93 bits per heavy atom. The van der Waals surface area contributed by atoms with Crippen molar-refractivity contribution in [3.8, 4) is 0 Å². The molecule has 2 rings (SSSR count). The predicted octanol–water partition coefficient (Wildman–Crippen LogP) is 3.47. The van der Waals surface area contributed by atoms with Crippen molar-refractivity contribution in [2.45, 2.75) is 19.3 Å². The Bertz CT molecular complexity index is 411. The molecule has 4 heteroatoms. The second-order valence-corrected chi connectivity index (χ2v) is 4.03. The van der Waals surface area contributed by atoms with Crippen molar-refractivity contribution in [2.24, 2.45) is 5.73 Å². The van der Waals surface area contributed by atoms with Gasteiger partial charge in [-0.1, -0.05) is 11.6 Å². The first-order valence-electron chi connectivity index (χ1n) is 4.72. The summed E-state index contributed by atoms with van der Waals surface area (Å²) in [6.07, 6.45) is 2.97. The van der Waals surface area contributed by atoms with E-state index in [1.165, 1.54) is 6.07 Å². The van der Waals surface area contributed by atoms with Crippen LogP contribution in [0.15, 0.2) is 17.7 Å². The lowest BCUT2D eigenvalue weighted by atomic mass is 9.88. The normalized spacial score (nSPS) is 15.0. The largest absolute Gasteiger partial charge is 0.398 e. The molecule has 1 fully saturated rings. The fourth-order valence-corrected chi connectivity index (χ4v) is 1.75. The van der Waals surface area contributed by atoms with Crippen LogP contribution in [0.25, 0.3) is 5.70 Å². The van der Waals surface area contributed by atoms with Gasteiger partial charge in [0.05, 0.1) is 5.02 Å². The van der Waals surface area contributed by atoms with E-state index in [9.17, 15) is 8.78 Å². The maximum Gasteiger partial charge on any atom is 0.177 e. The van der Waals surface area contributed by atoms with Crippen molar-refractivity contribution < 1.29 is 8.78 Å². The summed E-state index contributed by atoms with van der Waals surface area (Å²) in [7, 11) is 0. The van der Waals surface area contributed by atoms with Crippen molar-refractivity contribution in [2.75, 3.05) is 0 Å². The van der Waals surface area contributed by atoms with E-state index in [1.807, 2.05) is 0 Å². The zero-order chi connectivity index (χ0) is 11.0. The Morgan fingerprint density at radius 3 is 2.40 bits per heavy atom. The van der Waals surface area contributed by atoms with Crippen LogP contribution >= 0.6 is 11.6 Å². The van der Waals surface area contributed by atoms with Gasteiger partial charge in [-0.2, -0.15) is 0 Å². The van der Waals surface area contributed by atoms with Gasteiger partial charge in [-0.25, -0.2) is 8.78 Å². The van der Waals surface area contributed by atoms with E-state index in [2.05, 4.69) is 0 Å². The molecule has 0 amide bonds. The third-order valence-corrected chi connectivity index (χ3v) is 2.91. The highest BCUT2D eigenvalue weighted by molar-refractivity contribution is 6.30. The molecule has 1 aromatic carbocycles. The highest BCUT2D eigenvalue weighted by Crippen LogP contribution is 2.32. The number of hydrogen-bond donors (Lipinski definition) is 1. The molecule has 0 saturated heterocycles. The molecule has 1 saturated carbocycles. The SMILES string of the molecule is NC(=C1CCC1)c1cc(F)c(F)c(Cl)c1. The molecule has 0 aromatic heterocycles. The average Bonchev–Trinajstić information content (AvgIpc) is 2.10. The molecule has 0 radical (unpaired) electrons. The minimum atomic E-state index is -1.02. The van der Waals surface area contributed by atoms with Gasteiger partial charge in [0.25, 0.3) is 0 Å². The molecular weight excluding hydrogens is 220 g/mol. The van der Waals surface area contributed by atoms with Crippen molar-refractivity contribution in [3.05, 3.63) is 39.9 Å². The Labute approximate surface area is 91.5 Å². The van der Waals surface area contributed by atoms with Crippen molar-refractivity contribution in [1.29, 1.82) is 0 Å². The first-order valence-corrected chi connectivity index (χ1v) is 5.10. The van der Waals surface area contributed by atoms with Gasteiger partial charge in [-0.3, -0.25) is 0 Å². The zero-order valence-corrected chi connectivity index (χ0v) is 8.74. The van der Waals surface area contributed by atoms with Gasteiger partial charge >= 0.3 is 0 Å². The van der Waals surface area contributed by atoms with Crippen LogP contribution in [0.3, 0.4) is 0 Å². The minimum Gasteiger partial charge on any atom is -0.398 e. The van der Waals surface area contributed by atoms with Gasteiger partial charge in [0.1, 0.15) is 0 Å². The number of nitrogens with two attached hydrogens (primary N) is 1. The van der Waals surface area contributed by atoms with Gasteiger partial charge in [-0.05, 0) is 37.0 Å². The summed E-state index contributed by atoms with van der Waals surface area (Å²) in [6.45, 7) is 0. The fraction of sp³-hybridized carbons (Fsp3) is 0.273. The molecule has 1 aliphatic carbocycles. The highest BCUT2D eigenvalue weighted by Gasteiger charge is 2.16. The first kappa shape index (κ1) is 10.4. The molecule has 0 bridgehead atoms. The van der Waals surface area contributed by atoms with Crippen molar-refractivity contribution in [3.63, 3.8) is 0 Å². The summed E-state index contributed by atoms with van der Waals surface area (Å²) < 4.78 is 26.0. The predicted molar refractivity (Wildman–Crippen MR) is 56.3 cm³/mol. The van der Waals surface area contributed by atoms with E-state index in [0.29, 0.717) is 11.3 Å². The zero-order valence-electron chi connectivity index (χ0n) is 7.99. The van der Waals surface area contributed by atoms with Crippen LogP contribution in [-0.4, -0.2) is 0 Å². The van der Waals surface area contributed by atoms with Gasteiger partial charge in [0, 0.05) is 11.3 Å². The van der Waals surface area contributed by atoms with Crippen LogP contribution < -0.4 is 5.73 Å². The molecule has 0 heterocycles. The molecule has 0 aliphatic heterocycles. The quantitative estimate of drug-likeness (QED) is 0.734. The van der Waals surface area contributed by atoms with E-state index in [-0.39, 0.29) is 5.02 Å². The molecule has 15 heavy (non-hydrogen) atoms. The Morgan fingerprint density at radius 1 is 1.27 bits per heavy atom. The van der Waals surface area contributed by atoms with E-state index < -0.39 is 11.6 Å². The molecule has 0 atom stereocenters. The summed E-state index contributed by atoms with van der Waals surface area (Å²) >= 11 is 5.54.